The molecule has 21 heavy (non-hydrogen) atoms. The van der Waals surface area contributed by atoms with E-state index in [0.29, 0.717) is 4.88 Å². The highest BCUT2D eigenvalue weighted by Crippen LogP contribution is 2.15. The number of benzene rings is 1. The number of nitrogens with one attached hydrogen (secondary N) is 1. The van der Waals surface area contributed by atoms with E-state index in [0.717, 1.165) is 5.56 Å². The number of halogens is 1. The summed E-state index contributed by atoms with van der Waals surface area (Å²) in [5, 5.41) is 4.64. The Labute approximate surface area is 126 Å². The molecule has 0 aliphatic rings. The molecule has 0 bridgehead atoms. The van der Waals surface area contributed by atoms with Gasteiger partial charge in [-0.3, -0.25) is 9.59 Å². The summed E-state index contributed by atoms with van der Waals surface area (Å²) in [5.41, 5.74) is 0.828. The first-order valence-corrected chi connectivity index (χ1v) is 7.56. The average Bonchev–Trinajstić information content (AvgIpc) is 2.99. The van der Waals surface area contributed by atoms with Gasteiger partial charge in [0.15, 0.2) is 5.78 Å². The van der Waals surface area contributed by atoms with Crippen LogP contribution in [0, 0.1) is 5.82 Å². The van der Waals surface area contributed by atoms with Crippen LogP contribution in [0.1, 0.15) is 41.0 Å². The first-order valence-electron chi connectivity index (χ1n) is 6.68. The second-order valence-electron chi connectivity index (χ2n) is 4.74. The van der Waals surface area contributed by atoms with Gasteiger partial charge in [-0.05, 0) is 36.1 Å². The first-order chi connectivity index (χ1) is 10.1. The third-order valence-electron chi connectivity index (χ3n) is 3.12. The number of ketones is 1. The van der Waals surface area contributed by atoms with Crippen molar-refractivity contribution < 1.29 is 14.0 Å². The molecule has 1 aromatic carbocycles. The fourth-order valence-corrected chi connectivity index (χ4v) is 2.63. The van der Waals surface area contributed by atoms with Gasteiger partial charge in [0.2, 0.25) is 5.91 Å². The van der Waals surface area contributed by atoms with Crippen LogP contribution in [0.4, 0.5) is 4.39 Å². The maximum atomic E-state index is 12.8. The van der Waals surface area contributed by atoms with Crippen LogP contribution < -0.4 is 5.32 Å². The molecule has 5 heteroatoms. The third kappa shape index (κ3) is 4.49. The predicted molar refractivity (Wildman–Crippen MR) is 80.8 cm³/mol. The Bertz CT molecular complexity index is 608. The molecule has 2 rings (SSSR count). The normalized spacial score (nSPS) is 11.9. The Morgan fingerprint density at radius 1 is 1.19 bits per heavy atom. The van der Waals surface area contributed by atoms with Crippen LogP contribution in [0.5, 0.6) is 0 Å². The van der Waals surface area contributed by atoms with Crippen LogP contribution in [0.2, 0.25) is 0 Å². The van der Waals surface area contributed by atoms with Gasteiger partial charge in [-0.25, -0.2) is 4.39 Å². The lowest BCUT2D eigenvalue weighted by Gasteiger charge is -2.14. The number of hydrogen-bond donors (Lipinski definition) is 1. The van der Waals surface area contributed by atoms with Crippen LogP contribution in [-0.2, 0) is 4.79 Å². The minimum absolute atomic E-state index is 0.0189. The molecule has 1 heterocycles. The quantitative estimate of drug-likeness (QED) is 0.827. The van der Waals surface area contributed by atoms with Crippen LogP contribution in [0.15, 0.2) is 41.8 Å². The van der Waals surface area contributed by atoms with E-state index in [1.807, 2.05) is 18.4 Å². The smallest absolute Gasteiger partial charge is 0.220 e. The second kappa shape index (κ2) is 7.13. The third-order valence-corrected chi connectivity index (χ3v) is 4.03. The topological polar surface area (TPSA) is 46.2 Å². The molecule has 0 aliphatic carbocycles. The molecule has 0 aliphatic heterocycles. The van der Waals surface area contributed by atoms with Crippen molar-refractivity contribution in [3.63, 3.8) is 0 Å². The Hall–Kier alpha value is -2.01. The second-order valence-corrected chi connectivity index (χ2v) is 5.69. The molecule has 110 valence electrons. The van der Waals surface area contributed by atoms with Gasteiger partial charge in [0.25, 0.3) is 0 Å². The monoisotopic (exact) mass is 305 g/mol. The Balaban J connectivity index is 1.81. The van der Waals surface area contributed by atoms with Gasteiger partial charge in [-0.1, -0.05) is 18.2 Å². The van der Waals surface area contributed by atoms with E-state index in [2.05, 4.69) is 5.32 Å². The molecule has 1 aromatic heterocycles. The molecule has 0 spiro atoms. The van der Waals surface area contributed by atoms with Crippen molar-refractivity contribution in [2.24, 2.45) is 0 Å². The molecule has 2 aromatic rings. The van der Waals surface area contributed by atoms with E-state index in [1.54, 1.807) is 18.2 Å². The van der Waals surface area contributed by atoms with Crippen molar-refractivity contribution in [3.8, 4) is 0 Å². The Morgan fingerprint density at radius 3 is 2.52 bits per heavy atom. The highest BCUT2D eigenvalue weighted by atomic mass is 32.1. The predicted octanol–water partition coefficient (Wildman–Crippen LogP) is 3.73. The molecule has 0 saturated heterocycles. The molecular weight excluding hydrogens is 289 g/mol. The van der Waals surface area contributed by atoms with Gasteiger partial charge in [0.05, 0.1) is 10.9 Å². The number of thiophene rings is 1. The van der Waals surface area contributed by atoms with Crippen molar-refractivity contribution in [1.82, 2.24) is 5.32 Å². The van der Waals surface area contributed by atoms with Crippen molar-refractivity contribution in [2.45, 2.75) is 25.8 Å². The number of rotatable bonds is 6. The fourth-order valence-electron chi connectivity index (χ4n) is 1.94. The Morgan fingerprint density at radius 2 is 1.90 bits per heavy atom. The van der Waals surface area contributed by atoms with Gasteiger partial charge in [0.1, 0.15) is 5.82 Å². The zero-order valence-corrected chi connectivity index (χ0v) is 12.5. The molecule has 1 amide bonds. The lowest BCUT2D eigenvalue weighted by atomic mass is 10.1. The van der Waals surface area contributed by atoms with Crippen molar-refractivity contribution in [2.75, 3.05) is 0 Å². The zero-order chi connectivity index (χ0) is 15.2. The molecular formula is C16H16FNO2S. The van der Waals surface area contributed by atoms with E-state index in [4.69, 9.17) is 0 Å². The summed E-state index contributed by atoms with van der Waals surface area (Å²) in [6, 6.07) is 9.35. The number of hydrogen-bond acceptors (Lipinski definition) is 3. The van der Waals surface area contributed by atoms with E-state index in [1.165, 1.54) is 23.5 Å². The number of carbonyl (C=O) groups excluding carboxylic acids is 2. The Kier molecular flexibility index (Phi) is 5.22. The van der Waals surface area contributed by atoms with Gasteiger partial charge in [0, 0.05) is 12.8 Å². The van der Waals surface area contributed by atoms with Crippen LogP contribution >= 0.6 is 11.3 Å². The summed E-state index contributed by atoms with van der Waals surface area (Å²) in [7, 11) is 0. The van der Waals surface area contributed by atoms with Crippen molar-refractivity contribution in [1.29, 1.82) is 0 Å². The van der Waals surface area contributed by atoms with Gasteiger partial charge < -0.3 is 5.32 Å². The summed E-state index contributed by atoms with van der Waals surface area (Å²) in [6.07, 6.45) is 0.352. The number of Topliss-reactive ketones (excluding diaryl/α,β-unsaturated/α-hetero) is 1. The lowest BCUT2D eigenvalue weighted by Crippen LogP contribution is -2.26. The van der Waals surface area contributed by atoms with Crippen LogP contribution in [0.25, 0.3) is 0 Å². The summed E-state index contributed by atoms with van der Waals surface area (Å²) in [4.78, 5) is 24.3. The molecule has 1 N–H and O–H groups in total. The van der Waals surface area contributed by atoms with Crippen molar-refractivity contribution >= 4 is 23.0 Å². The molecule has 0 fully saturated rings. The molecule has 0 unspecified atom stereocenters. The van der Waals surface area contributed by atoms with Gasteiger partial charge in [-0.2, -0.15) is 0 Å². The summed E-state index contributed by atoms with van der Waals surface area (Å²) in [6.45, 7) is 1.83. The highest BCUT2D eigenvalue weighted by molar-refractivity contribution is 7.12. The summed E-state index contributed by atoms with van der Waals surface area (Å²) in [5.74, 6) is -0.509. The molecule has 3 nitrogen and oxygen atoms in total. The van der Waals surface area contributed by atoms with Gasteiger partial charge >= 0.3 is 0 Å². The standard InChI is InChI=1S/C16H16FNO2S/c1-11(12-4-6-13(17)7-5-12)18-16(20)9-8-14(19)15-3-2-10-21-15/h2-7,10-11H,8-9H2,1H3,(H,18,20)/t11-/m0/s1. The van der Waals surface area contributed by atoms with E-state index in [9.17, 15) is 14.0 Å². The number of carbonyl (C=O) groups is 2. The largest absolute Gasteiger partial charge is 0.350 e. The average molecular weight is 305 g/mol. The zero-order valence-electron chi connectivity index (χ0n) is 11.6. The van der Waals surface area contributed by atoms with Gasteiger partial charge in [-0.15, -0.1) is 11.3 Å². The number of amides is 1. The van der Waals surface area contributed by atoms with Crippen molar-refractivity contribution in [3.05, 3.63) is 58.0 Å². The summed E-state index contributed by atoms with van der Waals surface area (Å²) < 4.78 is 12.8. The van der Waals surface area contributed by atoms with E-state index < -0.39 is 0 Å². The van der Waals surface area contributed by atoms with Crippen LogP contribution in [0.3, 0.4) is 0 Å². The molecule has 0 saturated carbocycles. The first kappa shape index (κ1) is 15.4. The van der Waals surface area contributed by atoms with E-state index in [-0.39, 0.29) is 36.4 Å². The molecule has 1 atom stereocenters. The minimum atomic E-state index is -0.307. The SMILES string of the molecule is C[C@H](NC(=O)CCC(=O)c1cccs1)c1ccc(F)cc1. The maximum Gasteiger partial charge on any atom is 0.220 e. The maximum absolute atomic E-state index is 12.8. The fraction of sp³-hybridized carbons (Fsp3) is 0.250. The molecule has 0 radical (unpaired) electrons. The summed E-state index contributed by atoms with van der Waals surface area (Å²) >= 11 is 1.38. The van der Waals surface area contributed by atoms with Crippen LogP contribution in [-0.4, -0.2) is 11.7 Å². The lowest BCUT2D eigenvalue weighted by molar-refractivity contribution is -0.121. The highest BCUT2D eigenvalue weighted by Gasteiger charge is 2.13. The minimum Gasteiger partial charge on any atom is -0.350 e. The van der Waals surface area contributed by atoms with E-state index >= 15 is 0 Å².